The average Bonchev–Trinajstić information content (AvgIpc) is 2.47. The molecule has 0 spiro atoms. The lowest BCUT2D eigenvalue weighted by Gasteiger charge is -2.11. The largest absolute Gasteiger partial charge is 0.355 e. The van der Waals surface area contributed by atoms with Gasteiger partial charge in [-0.25, -0.2) is 0 Å². The predicted octanol–water partition coefficient (Wildman–Crippen LogP) is 2.75. The number of aromatic nitrogens is 1. The highest BCUT2D eigenvalue weighted by atomic mass is 16.1. The molecule has 0 aliphatic carbocycles. The van der Waals surface area contributed by atoms with Crippen molar-refractivity contribution in [3.63, 3.8) is 0 Å². The van der Waals surface area contributed by atoms with E-state index in [1.165, 1.54) is 0 Å². The molecule has 1 heterocycles. The number of carbonyl (C=O) groups excluding carboxylic acids is 1. The lowest BCUT2D eigenvalue weighted by molar-refractivity contribution is 0.0964. The van der Waals surface area contributed by atoms with Gasteiger partial charge in [0, 0.05) is 13.2 Å². The van der Waals surface area contributed by atoms with Crippen LogP contribution in [-0.2, 0) is 6.42 Å². The number of nitrogens with one attached hydrogen (secondary N) is 2. The maximum Gasteiger partial charge on any atom is 0.253 e. The fraction of sp³-hybridized carbons (Fsp3) is 0.200. The van der Waals surface area contributed by atoms with Gasteiger partial charge >= 0.3 is 0 Å². The zero-order valence-corrected chi connectivity index (χ0v) is 11.1. The van der Waals surface area contributed by atoms with Gasteiger partial charge in [0.2, 0.25) is 0 Å². The summed E-state index contributed by atoms with van der Waals surface area (Å²) in [5.74, 6) is -0.109. The van der Waals surface area contributed by atoms with Crippen molar-refractivity contribution in [2.75, 3.05) is 12.4 Å². The highest BCUT2D eigenvalue weighted by Crippen LogP contribution is 2.21. The monoisotopic (exact) mass is 255 g/mol. The van der Waals surface area contributed by atoms with E-state index in [-0.39, 0.29) is 5.91 Å². The van der Waals surface area contributed by atoms with Crippen LogP contribution < -0.4 is 10.6 Å². The van der Waals surface area contributed by atoms with Gasteiger partial charge in [-0.1, -0.05) is 19.1 Å². The zero-order valence-electron chi connectivity index (χ0n) is 11.1. The number of rotatable bonds is 4. The molecule has 0 fully saturated rings. The molecule has 98 valence electrons. The van der Waals surface area contributed by atoms with Crippen LogP contribution in [0.2, 0.25) is 0 Å². The van der Waals surface area contributed by atoms with E-state index in [1.807, 2.05) is 30.5 Å². The summed E-state index contributed by atoms with van der Waals surface area (Å²) in [4.78, 5) is 16.0. The highest BCUT2D eigenvalue weighted by Gasteiger charge is 2.09. The summed E-state index contributed by atoms with van der Waals surface area (Å²) in [5, 5.41) is 5.87. The van der Waals surface area contributed by atoms with E-state index in [1.54, 1.807) is 19.3 Å². The van der Waals surface area contributed by atoms with Crippen LogP contribution in [-0.4, -0.2) is 17.9 Å². The van der Waals surface area contributed by atoms with Gasteiger partial charge in [0.25, 0.3) is 5.91 Å². The Morgan fingerprint density at radius 2 is 2.05 bits per heavy atom. The molecule has 1 aromatic carbocycles. The third-order valence-electron chi connectivity index (χ3n) is 2.88. The number of hydrogen-bond donors (Lipinski definition) is 2. The first-order valence-corrected chi connectivity index (χ1v) is 6.26. The quantitative estimate of drug-likeness (QED) is 0.883. The summed E-state index contributed by atoms with van der Waals surface area (Å²) in [7, 11) is 1.62. The Morgan fingerprint density at radius 1 is 1.26 bits per heavy atom. The summed E-state index contributed by atoms with van der Waals surface area (Å²) >= 11 is 0. The SMILES string of the molecule is CCc1cncc(Nc2ccccc2C(=O)NC)c1. The van der Waals surface area contributed by atoms with Crippen LogP contribution in [0, 0.1) is 0 Å². The Bertz CT molecular complexity index is 581. The third kappa shape index (κ3) is 3.10. The van der Waals surface area contributed by atoms with Gasteiger partial charge in [-0.15, -0.1) is 0 Å². The highest BCUT2D eigenvalue weighted by molar-refractivity contribution is 6.00. The lowest BCUT2D eigenvalue weighted by Crippen LogP contribution is -2.19. The maximum atomic E-state index is 11.8. The molecule has 0 bridgehead atoms. The smallest absolute Gasteiger partial charge is 0.253 e. The minimum atomic E-state index is -0.109. The number of nitrogens with zero attached hydrogens (tertiary/aromatic N) is 1. The second-order valence-corrected chi connectivity index (χ2v) is 4.19. The van der Waals surface area contributed by atoms with Crippen molar-refractivity contribution < 1.29 is 4.79 Å². The van der Waals surface area contributed by atoms with Crippen LogP contribution in [0.4, 0.5) is 11.4 Å². The van der Waals surface area contributed by atoms with Gasteiger partial charge < -0.3 is 10.6 Å². The van der Waals surface area contributed by atoms with E-state index < -0.39 is 0 Å². The Hall–Kier alpha value is -2.36. The predicted molar refractivity (Wildman–Crippen MR) is 76.7 cm³/mol. The first-order chi connectivity index (χ1) is 9.24. The topological polar surface area (TPSA) is 54.0 Å². The molecule has 0 aliphatic heterocycles. The standard InChI is InChI=1S/C15H17N3O/c1-3-11-8-12(10-17-9-11)18-14-7-5-4-6-13(14)15(19)16-2/h4-10,18H,3H2,1-2H3,(H,16,19). The summed E-state index contributed by atoms with van der Waals surface area (Å²) in [6.07, 6.45) is 4.52. The Labute approximate surface area is 112 Å². The molecule has 4 nitrogen and oxygen atoms in total. The normalized spacial score (nSPS) is 10.0. The van der Waals surface area contributed by atoms with E-state index >= 15 is 0 Å². The van der Waals surface area contributed by atoms with Crippen molar-refractivity contribution in [1.82, 2.24) is 10.3 Å². The Kier molecular flexibility index (Phi) is 4.13. The summed E-state index contributed by atoms with van der Waals surface area (Å²) in [6.45, 7) is 2.08. The average molecular weight is 255 g/mol. The number of aryl methyl sites for hydroxylation is 1. The minimum Gasteiger partial charge on any atom is -0.355 e. The fourth-order valence-corrected chi connectivity index (χ4v) is 1.83. The second-order valence-electron chi connectivity index (χ2n) is 4.19. The van der Waals surface area contributed by atoms with Crippen molar-refractivity contribution >= 4 is 17.3 Å². The van der Waals surface area contributed by atoms with Gasteiger partial charge in [-0.05, 0) is 30.2 Å². The number of para-hydroxylation sites is 1. The molecule has 0 unspecified atom stereocenters. The van der Waals surface area contributed by atoms with E-state index in [0.717, 1.165) is 23.4 Å². The van der Waals surface area contributed by atoms with E-state index in [0.29, 0.717) is 5.56 Å². The van der Waals surface area contributed by atoms with Gasteiger partial charge in [0.1, 0.15) is 0 Å². The van der Waals surface area contributed by atoms with Crippen molar-refractivity contribution in [3.05, 3.63) is 53.9 Å². The summed E-state index contributed by atoms with van der Waals surface area (Å²) in [5.41, 5.74) is 3.43. The van der Waals surface area contributed by atoms with Crippen LogP contribution in [0.5, 0.6) is 0 Å². The van der Waals surface area contributed by atoms with Gasteiger partial charge in [-0.3, -0.25) is 9.78 Å². The summed E-state index contributed by atoms with van der Waals surface area (Å²) < 4.78 is 0. The van der Waals surface area contributed by atoms with Crippen LogP contribution >= 0.6 is 0 Å². The molecule has 19 heavy (non-hydrogen) atoms. The van der Waals surface area contributed by atoms with Crippen molar-refractivity contribution in [3.8, 4) is 0 Å². The van der Waals surface area contributed by atoms with Crippen LogP contribution in [0.15, 0.2) is 42.7 Å². The second kappa shape index (κ2) is 6.00. The molecule has 0 atom stereocenters. The molecule has 2 N–H and O–H groups in total. The first-order valence-electron chi connectivity index (χ1n) is 6.26. The molecule has 2 rings (SSSR count). The van der Waals surface area contributed by atoms with Gasteiger partial charge in [-0.2, -0.15) is 0 Å². The molecule has 0 saturated carbocycles. The van der Waals surface area contributed by atoms with Gasteiger partial charge in [0.15, 0.2) is 0 Å². The molecule has 1 aromatic heterocycles. The Balaban J connectivity index is 2.30. The van der Waals surface area contributed by atoms with Crippen LogP contribution in [0.3, 0.4) is 0 Å². The maximum absolute atomic E-state index is 11.8. The van der Waals surface area contributed by atoms with E-state index in [4.69, 9.17) is 0 Å². The number of pyridine rings is 1. The molecule has 4 heteroatoms. The number of carbonyl (C=O) groups is 1. The molecule has 0 aliphatic rings. The van der Waals surface area contributed by atoms with Crippen molar-refractivity contribution in [2.24, 2.45) is 0 Å². The number of benzene rings is 1. The summed E-state index contributed by atoms with van der Waals surface area (Å²) in [6, 6.07) is 9.44. The number of amides is 1. The molecular formula is C15H17N3O. The van der Waals surface area contributed by atoms with Crippen LogP contribution in [0.1, 0.15) is 22.8 Å². The minimum absolute atomic E-state index is 0.109. The molecular weight excluding hydrogens is 238 g/mol. The molecule has 2 aromatic rings. The molecule has 1 amide bonds. The zero-order chi connectivity index (χ0) is 13.7. The third-order valence-corrected chi connectivity index (χ3v) is 2.88. The van der Waals surface area contributed by atoms with E-state index in [9.17, 15) is 4.79 Å². The van der Waals surface area contributed by atoms with E-state index in [2.05, 4.69) is 22.5 Å². The number of hydrogen-bond acceptors (Lipinski definition) is 3. The van der Waals surface area contributed by atoms with Gasteiger partial charge in [0.05, 0.1) is 23.1 Å². The molecule has 0 saturated heterocycles. The van der Waals surface area contributed by atoms with Crippen LogP contribution in [0.25, 0.3) is 0 Å². The fourth-order valence-electron chi connectivity index (χ4n) is 1.83. The van der Waals surface area contributed by atoms with Crippen molar-refractivity contribution in [1.29, 1.82) is 0 Å². The first kappa shape index (κ1) is 13.1. The number of anilines is 2. The van der Waals surface area contributed by atoms with Crippen molar-refractivity contribution in [2.45, 2.75) is 13.3 Å². The molecule has 0 radical (unpaired) electrons. The Morgan fingerprint density at radius 3 is 2.79 bits per heavy atom. The lowest BCUT2D eigenvalue weighted by atomic mass is 10.1.